The number of ether oxygens (including phenoxy) is 1. The molecular weight excluding hydrogens is 310 g/mol. The molecule has 22 heavy (non-hydrogen) atoms. The maximum Gasteiger partial charge on any atom is 0.328 e. The molecule has 2 rings (SSSR count). The Morgan fingerprint density at radius 2 is 2.23 bits per heavy atom. The number of hydrogen-bond acceptors (Lipinski definition) is 4. The average Bonchev–Trinajstić information content (AvgIpc) is 2.85. The van der Waals surface area contributed by atoms with E-state index in [9.17, 15) is 14.7 Å². The number of quaternary nitrogens is 1. The van der Waals surface area contributed by atoms with E-state index >= 15 is 0 Å². The number of benzene rings is 1. The van der Waals surface area contributed by atoms with Crippen LogP contribution in [0.2, 0.25) is 5.02 Å². The van der Waals surface area contributed by atoms with E-state index < -0.39 is 11.9 Å². The van der Waals surface area contributed by atoms with Gasteiger partial charge >= 0.3 is 5.97 Å². The molecule has 1 aliphatic rings. The number of likely N-dealkylation sites (N-methyl/N-ethyl adjacent to an activating group) is 1. The van der Waals surface area contributed by atoms with Crippen LogP contribution in [0.5, 0.6) is 5.75 Å². The summed E-state index contributed by atoms with van der Waals surface area (Å²) in [7, 11) is 0. The van der Waals surface area contributed by atoms with Crippen molar-refractivity contribution in [1.82, 2.24) is 0 Å². The van der Waals surface area contributed by atoms with Crippen molar-refractivity contribution in [3.63, 3.8) is 0 Å². The third-order valence-electron chi connectivity index (χ3n) is 2.84. The zero-order chi connectivity index (χ0) is 16.5. The number of nitrogens with two attached hydrogens (primary N) is 1. The lowest BCUT2D eigenvalue weighted by atomic mass is 10.1. The largest absolute Gasteiger partial charge is 0.545 e. The van der Waals surface area contributed by atoms with Crippen LogP contribution in [0.3, 0.4) is 0 Å². The summed E-state index contributed by atoms with van der Waals surface area (Å²) < 4.78 is 5.77. The highest BCUT2D eigenvalue weighted by Crippen LogP contribution is 2.30. The van der Waals surface area contributed by atoms with Crippen LogP contribution in [0.4, 0.5) is 0 Å². The Kier molecular flexibility index (Phi) is 7.42. The zero-order valence-electron chi connectivity index (χ0n) is 12.1. The second-order valence-electron chi connectivity index (χ2n) is 4.62. The molecule has 1 atom stereocenters. The van der Waals surface area contributed by atoms with E-state index in [0.29, 0.717) is 18.3 Å². The van der Waals surface area contributed by atoms with E-state index in [1.54, 1.807) is 0 Å². The minimum atomic E-state index is -1.51. The summed E-state index contributed by atoms with van der Waals surface area (Å²) in [6, 6.07) is 5.85. The fourth-order valence-electron chi connectivity index (χ4n) is 1.91. The number of fused-ring (bicyclic) bond motifs is 1. The van der Waals surface area contributed by atoms with Gasteiger partial charge in [-0.05, 0) is 36.8 Å². The molecule has 0 saturated heterocycles. The molecule has 0 spiro atoms. The van der Waals surface area contributed by atoms with Gasteiger partial charge in [0.15, 0.2) is 6.10 Å². The minimum Gasteiger partial charge on any atom is -0.545 e. The van der Waals surface area contributed by atoms with Gasteiger partial charge in [-0.2, -0.15) is 0 Å². The van der Waals surface area contributed by atoms with Gasteiger partial charge < -0.3 is 25.1 Å². The van der Waals surface area contributed by atoms with Crippen molar-refractivity contribution in [2.75, 3.05) is 13.1 Å². The Hall–Kier alpha value is -2.05. The molecule has 1 aromatic rings. The quantitative estimate of drug-likeness (QED) is 0.717. The number of halogens is 1. The van der Waals surface area contributed by atoms with Crippen LogP contribution in [-0.4, -0.2) is 36.2 Å². The first-order valence-corrected chi connectivity index (χ1v) is 7.19. The molecule has 0 saturated carbocycles. The molecule has 120 valence electrons. The lowest BCUT2D eigenvalue weighted by Crippen LogP contribution is -2.86. The van der Waals surface area contributed by atoms with Crippen molar-refractivity contribution >= 4 is 23.5 Å². The lowest BCUT2D eigenvalue weighted by Gasteiger charge is -2.07. The van der Waals surface area contributed by atoms with Crippen molar-refractivity contribution in [3.8, 4) is 5.75 Å². The molecule has 0 fully saturated rings. The molecule has 0 aliphatic carbocycles. The molecule has 3 N–H and O–H groups in total. The molecule has 0 radical (unpaired) electrons. The number of hydrogen-bond donors (Lipinski definition) is 2. The number of carbonyl (C=O) groups is 2. The normalized spacial score (nSPS) is 15.6. The number of carbonyl (C=O) groups excluding carboxylic acids is 1. The smallest absolute Gasteiger partial charge is 0.328 e. The first-order valence-electron chi connectivity index (χ1n) is 6.81. The van der Waals surface area contributed by atoms with Crippen LogP contribution in [0.1, 0.15) is 12.5 Å². The third-order valence-corrected chi connectivity index (χ3v) is 3.08. The summed E-state index contributed by atoms with van der Waals surface area (Å²) in [5, 5.41) is 20.3. The fourth-order valence-corrected chi connectivity index (χ4v) is 2.11. The summed E-state index contributed by atoms with van der Waals surface area (Å²) in [6.45, 7) is 4.29. The van der Waals surface area contributed by atoms with Crippen LogP contribution in [0.15, 0.2) is 30.4 Å². The maximum atomic E-state index is 9.53. The molecule has 0 aromatic heterocycles. The fraction of sp³-hybridized carbons (Fsp3) is 0.333. The average molecular weight is 328 g/mol. The van der Waals surface area contributed by atoms with Crippen LogP contribution >= 0.6 is 11.6 Å². The standard InChI is InChI=1S/C11H14ClNO.C4H4O4/c1-2-13-7-10-6-8-5-9(12)3-4-11(8)14-10;5-3(6)1-2-4(7)8/h3-5,10,13H,2,6-7H2,1H3;1-2H,(H,5,6)(H,7,8)/b;2-1-. The van der Waals surface area contributed by atoms with E-state index in [1.807, 2.05) is 18.2 Å². The van der Waals surface area contributed by atoms with Crippen molar-refractivity contribution in [2.45, 2.75) is 19.4 Å². The van der Waals surface area contributed by atoms with Crippen LogP contribution < -0.4 is 15.2 Å². The second kappa shape index (κ2) is 9.07. The number of rotatable bonds is 5. The Morgan fingerprint density at radius 1 is 1.50 bits per heavy atom. The SMILES string of the molecule is CC[NH2+]CC1Cc2cc(Cl)ccc2O1.O=C([O-])/C=C\C(=O)O. The van der Waals surface area contributed by atoms with E-state index in [-0.39, 0.29) is 0 Å². The van der Waals surface area contributed by atoms with Crippen molar-refractivity contribution < 1.29 is 29.9 Å². The highest BCUT2D eigenvalue weighted by atomic mass is 35.5. The molecule has 6 nitrogen and oxygen atoms in total. The molecule has 1 aromatic carbocycles. The van der Waals surface area contributed by atoms with E-state index in [2.05, 4.69) is 12.2 Å². The molecule has 0 bridgehead atoms. The Bertz CT molecular complexity index is 543. The summed E-state index contributed by atoms with van der Waals surface area (Å²) in [5.74, 6) is -1.80. The molecule has 1 heterocycles. The zero-order valence-corrected chi connectivity index (χ0v) is 12.9. The Labute approximate surface area is 133 Å². The van der Waals surface area contributed by atoms with Gasteiger partial charge in [0.05, 0.1) is 12.5 Å². The molecule has 7 heteroatoms. The van der Waals surface area contributed by atoms with E-state index in [0.717, 1.165) is 30.3 Å². The highest BCUT2D eigenvalue weighted by Gasteiger charge is 2.23. The molecular formula is C15H18ClNO5. The predicted molar refractivity (Wildman–Crippen MR) is 78.7 cm³/mol. The first kappa shape index (κ1) is 18.0. The molecule has 0 amide bonds. The summed E-state index contributed by atoms with van der Waals surface area (Å²) in [4.78, 5) is 19.0. The summed E-state index contributed by atoms with van der Waals surface area (Å²) in [5.41, 5.74) is 1.24. The van der Waals surface area contributed by atoms with Gasteiger partial charge in [0.1, 0.15) is 12.3 Å². The monoisotopic (exact) mass is 327 g/mol. The number of aliphatic carboxylic acids is 2. The third kappa shape index (κ3) is 6.60. The van der Waals surface area contributed by atoms with Gasteiger partial charge in [-0.3, -0.25) is 0 Å². The lowest BCUT2D eigenvalue weighted by molar-refractivity contribution is -0.656. The second-order valence-corrected chi connectivity index (χ2v) is 5.06. The predicted octanol–water partition coefficient (Wildman–Crippen LogP) is -0.396. The van der Waals surface area contributed by atoms with Gasteiger partial charge in [0.2, 0.25) is 0 Å². The number of carboxylic acid groups (broad SMARTS) is 2. The van der Waals surface area contributed by atoms with Crippen LogP contribution in [-0.2, 0) is 16.0 Å². The van der Waals surface area contributed by atoms with Gasteiger partial charge in [-0.1, -0.05) is 11.6 Å². The van der Waals surface area contributed by atoms with Crippen LogP contribution in [0.25, 0.3) is 0 Å². The minimum absolute atomic E-state index is 0.323. The van der Waals surface area contributed by atoms with Crippen LogP contribution in [0, 0.1) is 0 Å². The summed E-state index contributed by atoms with van der Waals surface area (Å²) >= 11 is 5.91. The highest BCUT2D eigenvalue weighted by molar-refractivity contribution is 6.30. The van der Waals surface area contributed by atoms with Gasteiger partial charge in [0, 0.05) is 17.5 Å². The summed E-state index contributed by atoms with van der Waals surface area (Å²) in [6.07, 6.45) is 2.26. The van der Waals surface area contributed by atoms with Gasteiger partial charge in [-0.25, -0.2) is 4.79 Å². The molecule has 1 aliphatic heterocycles. The Balaban J connectivity index is 0.000000261. The first-order chi connectivity index (χ1) is 10.4. The van der Waals surface area contributed by atoms with E-state index in [1.165, 1.54) is 5.56 Å². The topological polar surface area (TPSA) is 103 Å². The van der Waals surface area contributed by atoms with Crippen molar-refractivity contribution in [1.29, 1.82) is 0 Å². The van der Waals surface area contributed by atoms with E-state index in [4.69, 9.17) is 21.4 Å². The Morgan fingerprint density at radius 3 is 2.77 bits per heavy atom. The van der Waals surface area contributed by atoms with Crippen molar-refractivity contribution in [3.05, 3.63) is 40.9 Å². The van der Waals surface area contributed by atoms with Crippen molar-refractivity contribution in [2.24, 2.45) is 0 Å². The van der Waals surface area contributed by atoms with Gasteiger partial charge in [0.25, 0.3) is 0 Å². The van der Waals surface area contributed by atoms with Gasteiger partial charge in [-0.15, -0.1) is 0 Å². The molecule has 1 unspecified atom stereocenters. The number of carboxylic acids is 2. The maximum absolute atomic E-state index is 9.53.